The molecule has 4 aromatic rings. The van der Waals surface area contributed by atoms with E-state index in [-0.39, 0.29) is 11.3 Å². The number of rotatable bonds is 5. The van der Waals surface area contributed by atoms with Gasteiger partial charge in [0.25, 0.3) is 5.91 Å². The lowest BCUT2D eigenvalue weighted by molar-refractivity contribution is 0.102. The first kappa shape index (κ1) is 19.5. The highest BCUT2D eigenvalue weighted by Gasteiger charge is 2.11. The highest BCUT2D eigenvalue weighted by atomic mass is 16.5. The minimum atomic E-state index is -0.228. The molecule has 150 valence electrons. The fourth-order valence-corrected chi connectivity index (χ4v) is 3.25. The van der Waals surface area contributed by atoms with Crippen molar-refractivity contribution in [3.8, 4) is 17.1 Å². The molecule has 0 bridgehead atoms. The van der Waals surface area contributed by atoms with Crippen molar-refractivity contribution in [3.63, 3.8) is 0 Å². The molecule has 0 saturated carbocycles. The first-order valence-corrected chi connectivity index (χ1v) is 9.72. The van der Waals surface area contributed by atoms with E-state index in [0.29, 0.717) is 34.6 Å². The summed E-state index contributed by atoms with van der Waals surface area (Å²) in [5, 5.41) is 3.24. The maximum atomic E-state index is 12.7. The van der Waals surface area contributed by atoms with Gasteiger partial charge in [0.1, 0.15) is 17.1 Å². The number of hydrogen-bond donors (Lipinski definition) is 1. The third-order valence-corrected chi connectivity index (χ3v) is 4.72. The molecule has 0 atom stereocenters. The van der Waals surface area contributed by atoms with E-state index in [0.717, 1.165) is 16.9 Å². The average Bonchev–Trinajstić information content (AvgIpc) is 2.75. The van der Waals surface area contributed by atoms with Crippen LogP contribution in [0, 0.1) is 6.92 Å². The second kappa shape index (κ2) is 8.25. The molecule has 0 aliphatic carbocycles. The van der Waals surface area contributed by atoms with Gasteiger partial charge in [-0.05, 0) is 68.4 Å². The summed E-state index contributed by atoms with van der Waals surface area (Å²) in [6.07, 6.45) is 0. The Bertz CT molecular complexity index is 1270. The van der Waals surface area contributed by atoms with Crippen LogP contribution in [0.25, 0.3) is 22.3 Å². The summed E-state index contributed by atoms with van der Waals surface area (Å²) in [5.41, 5.74) is 3.17. The maximum absolute atomic E-state index is 12.7. The summed E-state index contributed by atoms with van der Waals surface area (Å²) in [7, 11) is 0. The van der Waals surface area contributed by atoms with Crippen molar-refractivity contribution in [1.82, 2.24) is 0 Å². The normalized spacial score (nSPS) is 10.7. The molecule has 3 aromatic carbocycles. The standard InChI is InChI=1S/C25H21NO4/c1-3-29-20-10-7-17(8-11-20)24-15-22(27)21-14-19(9-12-23(21)30-24)26-25(28)18-6-4-5-16(2)13-18/h4-15H,3H2,1-2H3,(H,26,28). The van der Waals surface area contributed by atoms with Crippen molar-refractivity contribution < 1.29 is 13.9 Å². The van der Waals surface area contributed by atoms with Gasteiger partial charge in [-0.3, -0.25) is 9.59 Å². The lowest BCUT2D eigenvalue weighted by atomic mass is 10.1. The first-order valence-electron chi connectivity index (χ1n) is 9.72. The van der Waals surface area contributed by atoms with Crippen molar-refractivity contribution >= 4 is 22.6 Å². The van der Waals surface area contributed by atoms with E-state index < -0.39 is 0 Å². The van der Waals surface area contributed by atoms with E-state index in [1.165, 1.54) is 6.07 Å². The molecule has 0 saturated heterocycles. The molecule has 1 N–H and O–H groups in total. The van der Waals surface area contributed by atoms with E-state index in [1.807, 2.05) is 56.3 Å². The van der Waals surface area contributed by atoms with E-state index in [9.17, 15) is 9.59 Å². The van der Waals surface area contributed by atoms with Gasteiger partial charge in [-0.25, -0.2) is 0 Å². The maximum Gasteiger partial charge on any atom is 0.255 e. The molecule has 5 heteroatoms. The zero-order valence-corrected chi connectivity index (χ0v) is 16.8. The van der Waals surface area contributed by atoms with Crippen LogP contribution in [0.2, 0.25) is 0 Å². The quantitative estimate of drug-likeness (QED) is 0.487. The molecule has 1 amide bonds. The summed E-state index contributed by atoms with van der Waals surface area (Å²) >= 11 is 0. The molecule has 0 radical (unpaired) electrons. The molecular weight excluding hydrogens is 378 g/mol. The molecule has 0 fully saturated rings. The molecule has 0 aliphatic rings. The van der Waals surface area contributed by atoms with E-state index in [2.05, 4.69) is 5.32 Å². The molecule has 0 aliphatic heterocycles. The first-order chi connectivity index (χ1) is 14.5. The van der Waals surface area contributed by atoms with Gasteiger partial charge >= 0.3 is 0 Å². The van der Waals surface area contributed by atoms with Gasteiger partial charge in [-0.2, -0.15) is 0 Å². The largest absolute Gasteiger partial charge is 0.494 e. The SMILES string of the molecule is CCOc1ccc(-c2cc(=O)c3cc(NC(=O)c4cccc(C)c4)ccc3o2)cc1. The van der Waals surface area contributed by atoms with Crippen LogP contribution in [-0.2, 0) is 0 Å². The van der Waals surface area contributed by atoms with Gasteiger partial charge in [0.05, 0.1) is 12.0 Å². The van der Waals surface area contributed by atoms with Crippen LogP contribution in [0.3, 0.4) is 0 Å². The van der Waals surface area contributed by atoms with Gasteiger partial charge in [0.15, 0.2) is 5.43 Å². The third-order valence-electron chi connectivity index (χ3n) is 4.72. The summed E-state index contributed by atoms with van der Waals surface area (Å²) in [5.74, 6) is 1.01. The van der Waals surface area contributed by atoms with Gasteiger partial charge in [0.2, 0.25) is 0 Å². The van der Waals surface area contributed by atoms with Crippen LogP contribution in [0.5, 0.6) is 5.75 Å². The van der Waals surface area contributed by atoms with E-state index in [4.69, 9.17) is 9.15 Å². The second-order valence-corrected chi connectivity index (χ2v) is 6.97. The molecule has 0 spiro atoms. The summed E-state index contributed by atoms with van der Waals surface area (Å²) in [6, 6.07) is 21.2. The van der Waals surface area contributed by atoms with Gasteiger partial charge in [-0.1, -0.05) is 17.7 Å². The zero-order chi connectivity index (χ0) is 21.1. The van der Waals surface area contributed by atoms with E-state index in [1.54, 1.807) is 24.3 Å². The van der Waals surface area contributed by atoms with Gasteiger partial charge < -0.3 is 14.5 Å². The number of anilines is 1. The Morgan fingerprint density at radius 3 is 2.53 bits per heavy atom. The average molecular weight is 399 g/mol. The Hall–Kier alpha value is -3.86. The van der Waals surface area contributed by atoms with Crippen molar-refractivity contribution in [1.29, 1.82) is 0 Å². The molecule has 1 aromatic heterocycles. The molecule has 0 unspecified atom stereocenters. The number of aryl methyl sites for hydroxylation is 1. The third kappa shape index (κ3) is 4.10. The van der Waals surface area contributed by atoms with Crippen molar-refractivity contribution in [3.05, 3.63) is 94.1 Å². The fraction of sp³-hybridized carbons (Fsp3) is 0.120. The van der Waals surface area contributed by atoms with Crippen molar-refractivity contribution in [2.45, 2.75) is 13.8 Å². The minimum absolute atomic E-state index is 0.174. The van der Waals surface area contributed by atoms with Crippen LogP contribution < -0.4 is 15.5 Å². The Kier molecular flexibility index (Phi) is 5.35. The number of nitrogens with one attached hydrogen (secondary N) is 1. The Morgan fingerprint density at radius 1 is 1.00 bits per heavy atom. The minimum Gasteiger partial charge on any atom is -0.494 e. The Balaban J connectivity index is 1.62. The van der Waals surface area contributed by atoms with Crippen LogP contribution in [-0.4, -0.2) is 12.5 Å². The van der Waals surface area contributed by atoms with E-state index >= 15 is 0 Å². The summed E-state index contributed by atoms with van der Waals surface area (Å²) in [4.78, 5) is 25.2. The van der Waals surface area contributed by atoms with Gasteiger partial charge in [-0.15, -0.1) is 0 Å². The second-order valence-electron chi connectivity index (χ2n) is 6.97. The van der Waals surface area contributed by atoms with Crippen molar-refractivity contribution in [2.75, 3.05) is 11.9 Å². The smallest absolute Gasteiger partial charge is 0.255 e. The molecule has 5 nitrogen and oxygen atoms in total. The number of benzene rings is 3. The highest BCUT2D eigenvalue weighted by Crippen LogP contribution is 2.26. The summed E-state index contributed by atoms with van der Waals surface area (Å²) in [6.45, 7) is 4.45. The van der Waals surface area contributed by atoms with Crippen molar-refractivity contribution in [2.24, 2.45) is 0 Å². The number of carbonyl (C=O) groups is 1. The lowest BCUT2D eigenvalue weighted by Crippen LogP contribution is -2.12. The molecule has 4 rings (SSSR count). The monoisotopic (exact) mass is 399 g/mol. The van der Waals surface area contributed by atoms with Crippen LogP contribution in [0.15, 0.2) is 82.0 Å². The Morgan fingerprint density at radius 2 is 1.80 bits per heavy atom. The summed E-state index contributed by atoms with van der Waals surface area (Å²) < 4.78 is 11.4. The van der Waals surface area contributed by atoms with Crippen LogP contribution >= 0.6 is 0 Å². The molecule has 30 heavy (non-hydrogen) atoms. The lowest BCUT2D eigenvalue weighted by Gasteiger charge is -2.08. The van der Waals surface area contributed by atoms with Crippen LogP contribution in [0.4, 0.5) is 5.69 Å². The fourth-order valence-electron chi connectivity index (χ4n) is 3.25. The number of carbonyl (C=O) groups excluding carboxylic acids is 1. The predicted molar refractivity (Wildman–Crippen MR) is 118 cm³/mol. The van der Waals surface area contributed by atoms with Crippen LogP contribution in [0.1, 0.15) is 22.8 Å². The number of fused-ring (bicyclic) bond motifs is 1. The predicted octanol–water partition coefficient (Wildman–Crippen LogP) is 5.42. The van der Waals surface area contributed by atoms with Gasteiger partial charge in [0, 0.05) is 22.9 Å². The number of hydrogen-bond acceptors (Lipinski definition) is 4. The molecule has 1 heterocycles. The highest BCUT2D eigenvalue weighted by molar-refractivity contribution is 6.05. The number of ether oxygens (including phenoxy) is 1. The molecular formula is C25H21NO4. The number of amides is 1. The topological polar surface area (TPSA) is 68.5 Å². The Labute approximate surface area is 173 Å². The zero-order valence-electron chi connectivity index (χ0n) is 16.8.